The van der Waals surface area contributed by atoms with E-state index >= 15 is 0 Å². The normalized spacial score (nSPS) is 15.5. The Morgan fingerprint density at radius 3 is 2.67 bits per heavy atom. The highest BCUT2D eigenvalue weighted by atomic mass is 32.1. The Morgan fingerprint density at radius 2 is 1.93 bits per heavy atom. The zero-order valence-corrected chi connectivity index (χ0v) is 18.3. The summed E-state index contributed by atoms with van der Waals surface area (Å²) in [7, 11) is 1.63. The number of benzene rings is 1. The lowest BCUT2D eigenvalue weighted by Gasteiger charge is -2.37. The van der Waals surface area contributed by atoms with Gasteiger partial charge in [-0.1, -0.05) is 18.2 Å². The Morgan fingerprint density at radius 1 is 1.13 bits per heavy atom. The molecule has 156 valence electrons. The number of hydrogen-bond acceptors (Lipinski definition) is 6. The number of methoxy groups -OCH3 is 1. The van der Waals surface area contributed by atoms with E-state index in [2.05, 4.69) is 5.32 Å². The first-order valence-corrected chi connectivity index (χ1v) is 11.5. The highest BCUT2D eigenvalue weighted by Gasteiger charge is 2.43. The molecule has 0 spiro atoms. The molecule has 1 aromatic carbocycles. The zero-order chi connectivity index (χ0) is 21.0. The number of nitrogens with one attached hydrogen (secondary N) is 1. The topological polar surface area (TPSA) is 64.6 Å². The molecule has 0 bridgehead atoms. The Bertz CT molecular complexity index is 1020. The van der Waals surface area contributed by atoms with Crippen LogP contribution in [0.5, 0.6) is 5.75 Å². The second-order valence-corrected chi connectivity index (χ2v) is 9.13. The van der Waals surface area contributed by atoms with E-state index in [0.717, 1.165) is 10.4 Å². The number of rotatable bonds is 7. The lowest BCUT2D eigenvalue weighted by atomic mass is 9.73. The first-order chi connectivity index (χ1) is 14.6. The van der Waals surface area contributed by atoms with Crippen molar-refractivity contribution in [1.29, 1.82) is 0 Å². The van der Waals surface area contributed by atoms with Gasteiger partial charge in [-0.05, 0) is 42.5 Å². The Balaban J connectivity index is 1.51. The number of hydrogen-bond donors (Lipinski definition) is 1. The van der Waals surface area contributed by atoms with Gasteiger partial charge in [0, 0.05) is 34.6 Å². The predicted octanol–water partition coefficient (Wildman–Crippen LogP) is 4.41. The third-order valence-electron chi connectivity index (χ3n) is 5.50. The fourth-order valence-corrected chi connectivity index (χ4v) is 5.39. The van der Waals surface area contributed by atoms with E-state index in [9.17, 15) is 9.59 Å². The van der Waals surface area contributed by atoms with E-state index in [1.165, 1.54) is 22.7 Å². The summed E-state index contributed by atoms with van der Waals surface area (Å²) in [4.78, 5) is 27.6. The van der Waals surface area contributed by atoms with Gasteiger partial charge in [0.25, 0.3) is 0 Å². The van der Waals surface area contributed by atoms with Gasteiger partial charge >= 0.3 is 0 Å². The molecule has 1 saturated heterocycles. The third-order valence-corrected chi connectivity index (χ3v) is 7.26. The molecule has 4 rings (SSSR count). The molecular formula is C23H23NO4S2. The molecule has 1 fully saturated rings. The van der Waals surface area contributed by atoms with E-state index < -0.39 is 5.41 Å². The van der Waals surface area contributed by atoms with E-state index in [0.29, 0.717) is 48.8 Å². The van der Waals surface area contributed by atoms with Crippen LogP contribution in [-0.2, 0) is 21.5 Å². The zero-order valence-electron chi connectivity index (χ0n) is 16.7. The van der Waals surface area contributed by atoms with Gasteiger partial charge in [-0.15, -0.1) is 11.3 Å². The van der Waals surface area contributed by atoms with Crippen LogP contribution in [-0.4, -0.2) is 32.0 Å². The summed E-state index contributed by atoms with van der Waals surface area (Å²) >= 11 is 2.93. The predicted molar refractivity (Wildman–Crippen MR) is 119 cm³/mol. The van der Waals surface area contributed by atoms with Gasteiger partial charge in [-0.25, -0.2) is 0 Å². The van der Waals surface area contributed by atoms with Crippen molar-refractivity contribution < 1.29 is 19.1 Å². The van der Waals surface area contributed by atoms with Crippen molar-refractivity contribution >= 4 is 34.4 Å². The van der Waals surface area contributed by atoms with Crippen LogP contribution in [0.2, 0.25) is 0 Å². The molecule has 30 heavy (non-hydrogen) atoms. The van der Waals surface area contributed by atoms with E-state index in [1.54, 1.807) is 7.11 Å². The molecule has 0 unspecified atom stereocenters. The first kappa shape index (κ1) is 20.8. The maximum Gasteiger partial charge on any atom is 0.231 e. The fraction of sp³-hybridized carbons (Fsp3) is 0.304. The average molecular weight is 442 g/mol. The van der Waals surface area contributed by atoms with Crippen LogP contribution in [0.25, 0.3) is 0 Å². The van der Waals surface area contributed by atoms with Crippen LogP contribution in [0.3, 0.4) is 0 Å². The van der Waals surface area contributed by atoms with Crippen LogP contribution in [0.1, 0.15) is 38.5 Å². The Kier molecular flexibility index (Phi) is 6.32. The average Bonchev–Trinajstić information content (AvgIpc) is 3.50. The smallest absolute Gasteiger partial charge is 0.231 e. The van der Waals surface area contributed by atoms with Crippen molar-refractivity contribution in [3.8, 4) is 5.75 Å². The van der Waals surface area contributed by atoms with Crippen molar-refractivity contribution in [3.05, 3.63) is 74.1 Å². The van der Waals surface area contributed by atoms with Gasteiger partial charge in [0.2, 0.25) is 11.7 Å². The molecular weight excluding hydrogens is 418 g/mol. The maximum atomic E-state index is 13.4. The van der Waals surface area contributed by atoms with E-state index in [1.807, 2.05) is 53.2 Å². The van der Waals surface area contributed by atoms with Crippen LogP contribution < -0.4 is 10.1 Å². The summed E-state index contributed by atoms with van der Waals surface area (Å²) in [5.74, 6) is 0.706. The molecule has 0 radical (unpaired) electrons. The Labute approximate surface area is 183 Å². The highest BCUT2D eigenvalue weighted by molar-refractivity contribution is 7.14. The van der Waals surface area contributed by atoms with Crippen molar-refractivity contribution in [2.75, 3.05) is 20.3 Å². The van der Waals surface area contributed by atoms with Crippen molar-refractivity contribution in [2.24, 2.45) is 0 Å². The number of thiophene rings is 2. The van der Waals surface area contributed by atoms with Gasteiger partial charge in [-0.3, -0.25) is 9.59 Å². The summed E-state index contributed by atoms with van der Waals surface area (Å²) < 4.78 is 11.1. The number of para-hydroxylation sites is 1. The van der Waals surface area contributed by atoms with Crippen molar-refractivity contribution in [3.63, 3.8) is 0 Å². The standard InChI is InChI=1S/C23H23NO4S2/c1-27-19-5-3-2-4-18(19)23(9-11-28-12-10-23)22(26)24-14-17-6-7-20(30-17)21(25)16-8-13-29-15-16/h2-8,13,15H,9-12,14H2,1H3,(H,24,26). The molecule has 0 atom stereocenters. The summed E-state index contributed by atoms with van der Waals surface area (Å²) in [6, 6.07) is 13.3. The largest absolute Gasteiger partial charge is 0.496 e. The van der Waals surface area contributed by atoms with Crippen molar-refractivity contribution in [1.82, 2.24) is 5.32 Å². The molecule has 1 aliphatic rings. The second-order valence-electron chi connectivity index (χ2n) is 7.18. The Hall–Kier alpha value is -2.48. The fourth-order valence-electron chi connectivity index (χ4n) is 3.85. The minimum absolute atomic E-state index is 0.0220. The quantitative estimate of drug-likeness (QED) is 0.552. The lowest BCUT2D eigenvalue weighted by molar-refractivity contribution is -0.130. The summed E-state index contributed by atoms with van der Waals surface area (Å²) in [5.41, 5.74) is 0.917. The summed E-state index contributed by atoms with van der Waals surface area (Å²) in [6.07, 6.45) is 1.21. The van der Waals surface area contributed by atoms with Crippen LogP contribution in [0, 0.1) is 0 Å². The summed E-state index contributed by atoms with van der Waals surface area (Å²) in [5, 5.41) is 6.85. The third kappa shape index (κ3) is 4.05. The van der Waals surface area contributed by atoms with Gasteiger partial charge in [-0.2, -0.15) is 11.3 Å². The molecule has 2 aromatic heterocycles. The van der Waals surface area contributed by atoms with Crippen LogP contribution in [0.4, 0.5) is 0 Å². The molecule has 1 N–H and O–H groups in total. The molecule has 5 nitrogen and oxygen atoms in total. The molecule has 3 heterocycles. The monoisotopic (exact) mass is 441 g/mol. The minimum atomic E-state index is -0.683. The number of carbonyl (C=O) groups is 2. The molecule has 3 aromatic rings. The molecule has 1 amide bonds. The number of amides is 1. The lowest BCUT2D eigenvalue weighted by Crippen LogP contribution is -2.48. The summed E-state index contributed by atoms with van der Waals surface area (Å²) in [6.45, 7) is 1.45. The van der Waals surface area contributed by atoms with E-state index in [-0.39, 0.29) is 11.7 Å². The van der Waals surface area contributed by atoms with Crippen LogP contribution in [0.15, 0.2) is 53.2 Å². The first-order valence-electron chi connectivity index (χ1n) is 9.79. The molecule has 7 heteroatoms. The molecule has 0 aliphatic carbocycles. The SMILES string of the molecule is COc1ccccc1C1(C(=O)NCc2ccc(C(=O)c3ccsc3)s2)CCOCC1. The van der Waals surface area contributed by atoms with Crippen molar-refractivity contribution in [2.45, 2.75) is 24.8 Å². The van der Waals surface area contributed by atoms with Gasteiger partial charge in [0.15, 0.2) is 0 Å². The maximum absolute atomic E-state index is 13.4. The number of ketones is 1. The van der Waals surface area contributed by atoms with Gasteiger partial charge < -0.3 is 14.8 Å². The van der Waals surface area contributed by atoms with E-state index in [4.69, 9.17) is 9.47 Å². The van der Waals surface area contributed by atoms with Gasteiger partial charge in [0.1, 0.15) is 5.75 Å². The molecule has 1 aliphatic heterocycles. The minimum Gasteiger partial charge on any atom is -0.496 e. The highest BCUT2D eigenvalue weighted by Crippen LogP contribution is 2.40. The van der Waals surface area contributed by atoms with Crippen LogP contribution >= 0.6 is 22.7 Å². The number of carbonyl (C=O) groups excluding carboxylic acids is 2. The molecule has 0 saturated carbocycles. The second kappa shape index (κ2) is 9.12. The number of ether oxygens (including phenoxy) is 2. The van der Waals surface area contributed by atoms with Gasteiger partial charge in [0.05, 0.1) is 23.9 Å².